The van der Waals surface area contributed by atoms with Crippen molar-refractivity contribution in [3.63, 3.8) is 0 Å². The van der Waals surface area contributed by atoms with Gasteiger partial charge < -0.3 is 19.9 Å². The Morgan fingerprint density at radius 3 is 2.57 bits per heavy atom. The van der Waals surface area contributed by atoms with Crippen molar-refractivity contribution in [3.05, 3.63) is 0 Å². The molecule has 5 nitrogen and oxygen atoms in total. The fraction of sp³-hybridized carbons (Fsp3) is 0.938. The Labute approximate surface area is 129 Å². The number of likely N-dealkylation sites (N-methyl/N-ethyl adjacent to an activating group) is 1. The summed E-state index contributed by atoms with van der Waals surface area (Å²) in [6.07, 6.45) is 4.44. The minimum Gasteiger partial charge on any atom is -0.444 e. The van der Waals surface area contributed by atoms with Gasteiger partial charge in [0.2, 0.25) is 0 Å². The van der Waals surface area contributed by atoms with Crippen molar-refractivity contribution >= 4 is 6.09 Å². The van der Waals surface area contributed by atoms with Gasteiger partial charge in [0.15, 0.2) is 0 Å². The molecule has 0 aromatic rings. The highest BCUT2D eigenvalue weighted by Gasteiger charge is 2.33. The van der Waals surface area contributed by atoms with Gasteiger partial charge in [0.05, 0.1) is 0 Å². The molecule has 2 rings (SSSR count). The number of amides is 1. The molecular weight excluding hydrogens is 266 g/mol. The smallest absolute Gasteiger partial charge is 0.410 e. The van der Waals surface area contributed by atoms with Crippen molar-refractivity contribution < 1.29 is 9.53 Å². The topological polar surface area (TPSA) is 44.8 Å². The van der Waals surface area contributed by atoms with Crippen LogP contribution in [0.1, 0.15) is 46.5 Å². The van der Waals surface area contributed by atoms with E-state index in [2.05, 4.69) is 17.3 Å². The molecule has 21 heavy (non-hydrogen) atoms. The number of nitrogens with one attached hydrogen (secondary N) is 1. The molecule has 0 radical (unpaired) electrons. The van der Waals surface area contributed by atoms with Crippen molar-refractivity contribution in [3.8, 4) is 0 Å². The van der Waals surface area contributed by atoms with Crippen LogP contribution in [0.2, 0.25) is 0 Å². The van der Waals surface area contributed by atoms with E-state index < -0.39 is 5.60 Å². The van der Waals surface area contributed by atoms with Gasteiger partial charge in [-0.05, 0) is 66.6 Å². The largest absolute Gasteiger partial charge is 0.444 e. The Balaban J connectivity index is 1.87. The van der Waals surface area contributed by atoms with Crippen LogP contribution in [0, 0.1) is 0 Å². The fourth-order valence-corrected chi connectivity index (χ4v) is 3.32. The number of rotatable bonds is 3. The van der Waals surface area contributed by atoms with Crippen molar-refractivity contribution in [1.29, 1.82) is 0 Å². The molecule has 0 aromatic heterocycles. The molecule has 1 atom stereocenters. The molecule has 0 aliphatic carbocycles. The zero-order valence-corrected chi connectivity index (χ0v) is 14.0. The molecule has 122 valence electrons. The molecule has 1 amide bonds. The van der Waals surface area contributed by atoms with E-state index in [1.165, 1.54) is 12.8 Å². The van der Waals surface area contributed by atoms with E-state index >= 15 is 0 Å². The molecule has 5 heteroatoms. The number of carbonyl (C=O) groups excluding carboxylic acids is 1. The van der Waals surface area contributed by atoms with Crippen LogP contribution in [0.3, 0.4) is 0 Å². The number of ether oxygens (including phenoxy) is 1. The van der Waals surface area contributed by atoms with Crippen LogP contribution in [-0.4, -0.2) is 66.8 Å². The van der Waals surface area contributed by atoms with Crippen LogP contribution in [0.15, 0.2) is 0 Å². The Bertz CT molecular complexity index is 348. The van der Waals surface area contributed by atoms with E-state index in [0.29, 0.717) is 12.1 Å². The predicted molar refractivity (Wildman–Crippen MR) is 84.5 cm³/mol. The Morgan fingerprint density at radius 1 is 1.29 bits per heavy atom. The zero-order chi connectivity index (χ0) is 15.5. The van der Waals surface area contributed by atoms with Crippen molar-refractivity contribution in [1.82, 2.24) is 15.1 Å². The molecule has 2 aliphatic heterocycles. The SMILES string of the molecule is CN(CC1CCCN1C(=O)OC(C)(C)C)C1CCNCC1. The summed E-state index contributed by atoms with van der Waals surface area (Å²) in [4.78, 5) is 16.7. The highest BCUT2D eigenvalue weighted by Crippen LogP contribution is 2.22. The molecule has 2 saturated heterocycles. The van der Waals surface area contributed by atoms with Crippen molar-refractivity contribution in [2.24, 2.45) is 0 Å². The summed E-state index contributed by atoms with van der Waals surface area (Å²) in [6, 6.07) is 0.951. The average Bonchev–Trinajstić information content (AvgIpc) is 2.86. The number of carbonyl (C=O) groups is 1. The molecule has 0 aromatic carbocycles. The van der Waals surface area contributed by atoms with Gasteiger partial charge in [-0.25, -0.2) is 4.79 Å². The second-order valence-electron chi connectivity index (χ2n) is 7.39. The maximum atomic E-state index is 12.3. The van der Waals surface area contributed by atoms with E-state index in [1.54, 1.807) is 0 Å². The molecule has 2 heterocycles. The lowest BCUT2D eigenvalue weighted by Crippen LogP contribution is -2.48. The maximum Gasteiger partial charge on any atom is 0.410 e. The third kappa shape index (κ3) is 4.85. The van der Waals surface area contributed by atoms with Crippen LogP contribution in [0.25, 0.3) is 0 Å². The van der Waals surface area contributed by atoms with E-state index in [9.17, 15) is 4.79 Å². The standard InChI is InChI=1S/C16H31N3O2/c1-16(2,3)21-15(20)19-11-5-6-14(19)12-18(4)13-7-9-17-10-8-13/h13-14,17H,5-12H2,1-4H3. The van der Waals surface area contributed by atoms with Crippen LogP contribution in [-0.2, 0) is 4.74 Å². The molecule has 1 unspecified atom stereocenters. The van der Waals surface area contributed by atoms with Crippen LogP contribution in [0.4, 0.5) is 4.79 Å². The van der Waals surface area contributed by atoms with Crippen molar-refractivity contribution in [2.75, 3.05) is 33.2 Å². The molecule has 1 N–H and O–H groups in total. The van der Waals surface area contributed by atoms with E-state index in [0.717, 1.165) is 39.0 Å². The summed E-state index contributed by atoms with van der Waals surface area (Å²) in [6.45, 7) is 9.79. The van der Waals surface area contributed by atoms with Gasteiger partial charge in [-0.2, -0.15) is 0 Å². The highest BCUT2D eigenvalue weighted by molar-refractivity contribution is 5.69. The summed E-state index contributed by atoms with van der Waals surface area (Å²) in [5.74, 6) is 0. The Hall–Kier alpha value is -0.810. The van der Waals surface area contributed by atoms with Crippen molar-refractivity contribution in [2.45, 2.75) is 64.1 Å². The van der Waals surface area contributed by atoms with Crippen LogP contribution < -0.4 is 5.32 Å². The van der Waals surface area contributed by atoms with Gasteiger partial charge in [0.1, 0.15) is 5.60 Å². The number of hydrogen-bond donors (Lipinski definition) is 1. The number of hydrogen-bond acceptors (Lipinski definition) is 4. The second-order valence-corrected chi connectivity index (χ2v) is 7.39. The predicted octanol–water partition coefficient (Wildman–Crippen LogP) is 2.07. The molecular formula is C16H31N3O2. The summed E-state index contributed by atoms with van der Waals surface area (Å²) in [5, 5.41) is 3.40. The molecule has 2 fully saturated rings. The van der Waals surface area contributed by atoms with Crippen LogP contribution >= 0.6 is 0 Å². The first-order valence-corrected chi connectivity index (χ1v) is 8.27. The van der Waals surface area contributed by atoms with Gasteiger partial charge in [-0.15, -0.1) is 0 Å². The summed E-state index contributed by atoms with van der Waals surface area (Å²) < 4.78 is 5.54. The summed E-state index contributed by atoms with van der Waals surface area (Å²) >= 11 is 0. The Kier molecular flexibility index (Phi) is 5.49. The van der Waals surface area contributed by atoms with Gasteiger partial charge in [-0.3, -0.25) is 0 Å². The number of nitrogens with zero attached hydrogens (tertiary/aromatic N) is 2. The Morgan fingerprint density at radius 2 is 1.95 bits per heavy atom. The van der Waals surface area contributed by atoms with E-state index in [-0.39, 0.29) is 6.09 Å². The second kappa shape index (κ2) is 6.97. The van der Waals surface area contributed by atoms with Gasteiger partial charge in [0.25, 0.3) is 0 Å². The molecule has 2 aliphatic rings. The zero-order valence-electron chi connectivity index (χ0n) is 14.0. The third-order valence-electron chi connectivity index (χ3n) is 4.44. The lowest BCUT2D eigenvalue weighted by molar-refractivity contribution is 0.0187. The van der Waals surface area contributed by atoms with Gasteiger partial charge >= 0.3 is 6.09 Å². The fourth-order valence-electron chi connectivity index (χ4n) is 3.32. The van der Waals surface area contributed by atoms with E-state index in [1.807, 2.05) is 25.7 Å². The monoisotopic (exact) mass is 297 g/mol. The van der Waals surface area contributed by atoms with Gasteiger partial charge in [0, 0.05) is 25.2 Å². The lowest BCUT2D eigenvalue weighted by atomic mass is 10.0. The quantitative estimate of drug-likeness (QED) is 0.866. The first-order valence-electron chi connectivity index (χ1n) is 8.27. The minimum absolute atomic E-state index is 0.149. The average molecular weight is 297 g/mol. The van der Waals surface area contributed by atoms with Gasteiger partial charge in [-0.1, -0.05) is 0 Å². The highest BCUT2D eigenvalue weighted by atomic mass is 16.6. The summed E-state index contributed by atoms with van der Waals surface area (Å²) in [5.41, 5.74) is -0.412. The first kappa shape index (κ1) is 16.6. The van der Waals surface area contributed by atoms with E-state index in [4.69, 9.17) is 4.74 Å². The minimum atomic E-state index is -0.412. The third-order valence-corrected chi connectivity index (χ3v) is 4.44. The lowest BCUT2D eigenvalue weighted by Gasteiger charge is -2.36. The summed E-state index contributed by atoms with van der Waals surface area (Å²) in [7, 11) is 2.20. The maximum absolute atomic E-state index is 12.3. The van der Waals surface area contributed by atoms with Crippen LogP contribution in [0.5, 0.6) is 0 Å². The number of piperidine rings is 1. The normalized spacial score (nSPS) is 24.6. The first-order chi connectivity index (χ1) is 9.87. The molecule has 0 spiro atoms. The number of likely N-dealkylation sites (tertiary alicyclic amines) is 1. The molecule has 0 bridgehead atoms. The molecule has 0 saturated carbocycles.